The second kappa shape index (κ2) is 6.64. The standard InChI is InChI=1S/C15H19ClN4O2/c1-19-10-17-18-15(19)14-9-20(5-6-22-14)8-11-7-12(16)3-4-13(11)21-2/h3-4,7,10,14H,5-6,8-9H2,1-2H3. The minimum atomic E-state index is -0.0635. The van der Waals surface area contributed by atoms with Gasteiger partial charge < -0.3 is 14.0 Å². The zero-order valence-electron chi connectivity index (χ0n) is 12.7. The van der Waals surface area contributed by atoms with Gasteiger partial charge in [0.1, 0.15) is 18.2 Å². The Morgan fingerprint density at radius 2 is 2.32 bits per heavy atom. The molecule has 0 aliphatic carbocycles. The Bertz CT molecular complexity index is 646. The molecule has 1 aliphatic heterocycles. The fourth-order valence-corrected chi connectivity index (χ4v) is 2.89. The molecule has 3 rings (SSSR count). The second-order valence-corrected chi connectivity index (χ2v) is 5.79. The van der Waals surface area contributed by atoms with E-state index in [4.69, 9.17) is 21.1 Å². The highest BCUT2D eigenvalue weighted by atomic mass is 35.5. The van der Waals surface area contributed by atoms with E-state index in [1.807, 2.05) is 29.8 Å². The first kappa shape index (κ1) is 15.3. The fourth-order valence-electron chi connectivity index (χ4n) is 2.70. The zero-order valence-corrected chi connectivity index (χ0v) is 13.5. The molecule has 2 aromatic rings. The summed E-state index contributed by atoms with van der Waals surface area (Å²) in [4.78, 5) is 2.32. The van der Waals surface area contributed by atoms with E-state index >= 15 is 0 Å². The maximum absolute atomic E-state index is 6.10. The predicted molar refractivity (Wildman–Crippen MR) is 83.0 cm³/mol. The van der Waals surface area contributed by atoms with Crippen molar-refractivity contribution in [2.75, 3.05) is 26.8 Å². The summed E-state index contributed by atoms with van der Waals surface area (Å²) in [7, 11) is 3.60. The van der Waals surface area contributed by atoms with Crippen LogP contribution in [0.4, 0.5) is 0 Å². The molecule has 0 amide bonds. The van der Waals surface area contributed by atoms with Crippen molar-refractivity contribution in [3.8, 4) is 5.75 Å². The van der Waals surface area contributed by atoms with E-state index in [0.29, 0.717) is 11.6 Å². The molecule has 1 aromatic carbocycles. The lowest BCUT2D eigenvalue weighted by atomic mass is 10.1. The van der Waals surface area contributed by atoms with E-state index in [1.54, 1.807) is 13.4 Å². The van der Waals surface area contributed by atoms with E-state index in [1.165, 1.54) is 0 Å². The Hall–Kier alpha value is -1.63. The van der Waals surface area contributed by atoms with Crippen LogP contribution >= 0.6 is 11.6 Å². The summed E-state index contributed by atoms with van der Waals surface area (Å²) in [5.41, 5.74) is 1.08. The van der Waals surface area contributed by atoms with Crippen molar-refractivity contribution < 1.29 is 9.47 Å². The third-order valence-electron chi connectivity index (χ3n) is 3.82. The van der Waals surface area contributed by atoms with Gasteiger partial charge in [0, 0.05) is 37.3 Å². The van der Waals surface area contributed by atoms with Gasteiger partial charge in [-0.1, -0.05) is 11.6 Å². The van der Waals surface area contributed by atoms with Crippen LogP contribution in [0, 0.1) is 0 Å². The van der Waals surface area contributed by atoms with Gasteiger partial charge >= 0.3 is 0 Å². The number of morpholine rings is 1. The van der Waals surface area contributed by atoms with Gasteiger partial charge in [0.2, 0.25) is 0 Å². The highest BCUT2D eigenvalue weighted by Crippen LogP contribution is 2.26. The van der Waals surface area contributed by atoms with Crippen molar-refractivity contribution in [1.82, 2.24) is 19.7 Å². The Labute approximate surface area is 134 Å². The summed E-state index contributed by atoms with van der Waals surface area (Å²) in [6.45, 7) is 3.06. The highest BCUT2D eigenvalue weighted by Gasteiger charge is 2.26. The third-order valence-corrected chi connectivity index (χ3v) is 4.06. The van der Waals surface area contributed by atoms with Crippen molar-refractivity contribution in [1.29, 1.82) is 0 Å². The zero-order chi connectivity index (χ0) is 15.5. The van der Waals surface area contributed by atoms with E-state index in [0.717, 1.165) is 36.8 Å². The van der Waals surface area contributed by atoms with Gasteiger partial charge in [-0.05, 0) is 18.2 Å². The number of nitrogens with zero attached hydrogens (tertiary/aromatic N) is 4. The van der Waals surface area contributed by atoms with Crippen LogP contribution in [0.15, 0.2) is 24.5 Å². The lowest BCUT2D eigenvalue weighted by Crippen LogP contribution is -2.38. The molecule has 1 atom stereocenters. The molecule has 0 saturated carbocycles. The smallest absolute Gasteiger partial charge is 0.163 e. The number of aromatic nitrogens is 3. The first-order chi connectivity index (χ1) is 10.7. The van der Waals surface area contributed by atoms with Gasteiger partial charge in [-0.3, -0.25) is 4.90 Å². The van der Waals surface area contributed by atoms with Crippen LogP contribution in [0.3, 0.4) is 0 Å². The Morgan fingerprint density at radius 3 is 3.05 bits per heavy atom. The van der Waals surface area contributed by atoms with Crippen LogP contribution in [-0.4, -0.2) is 46.5 Å². The normalized spacial score (nSPS) is 19.3. The van der Waals surface area contributed by atoms with Crippen LogP contribution in [0.5, 0.6) is 5.75 Å². The van der Waals surface area contributed by atoms with E-state index < -0.39 is 0 Å². The number of halogens is 1. The summed E-state index contributed by atoms with van der Waals surface area (Å²) in [6, 6.07) is 5.69. The van der Waals surface area contributed by atoms with E-state index in [2.05, 4.69) is 15.1 Å². The van der Waals surface area contributed by atoms with Crippen molar-refractivity contribution in [3.05, 3.63) is 40.9 Å². The first-order valence-corrected chi connectivity index (χ1v) is 7.55. The average Bonchev–Trinajstić information content (AvgIpc) is 2.94. The van der Waals surface area contributed by atoms with Crippen LogP contribution in [0.2, 0.25) is 5.02 Å². The fraction of sp³-hybridized carbons (Fsp3) is 0.467. The largest absolute Gasteiger partial charge is 0.496 e. The highest BCUT2D eigenvalue weighted by molar-refractivity contribution is 6.30. The van der Waals surface area contributed by atoms with Gasteiger partial charge in [0.05, 0.1) is 13.7 Å². The molecule has 1 unspecified atom stereocenters. The van der Waals surface area contributed by atoms with Gasteiger partial charge in [0.15, 0.2) is 5.82 Å². The maximum Gasteiger partial charge on any atom is 0.163 e. The topological polar surface area (TPSA) is 52.4 Å². The summed E-state index contributed by atoms with van der Waals surface area (Å²) in [5.74, 6) is 1.70. The molecule has 6 nitrogen and oxygen atoms in total. The summed E-state index contributed by atoms with van der Waals surface area (Å²) < 4.78 is 13.1. The number of ether oxygens (including phenoxy) is 2. The number of hydrogen-bond acceptors (Lipinski definition) is 5. The molecule has 2 heterocycles. The Kier molecular flexibility index (Phi) is 4.61. The molecule has 1 aromatic heterocycles. The molecule has 0 N–H and O–H groups in total. The molecule has 1 fully saturated rings. The van der Waals surface area contributed by atoms with E-state index in [-0.39, 0.29) is 6.10 Å². The van der Waals surface area contributed by atoms with Gasteiger partial charge in [-0.2, -0.15) is 0 Å². The molecular weight excluding hydrogens is 304 g/mol. The summed E-state index contributed by atoms with van der Waals surface area (Å²) in [6.07, 6.45) is 1.63. The maximum atomic E-state index is 6.10. The molecule has 0 radical (unpaired) electrons. The second-order valence-electron chi connectivity index (χ2n) is 5.35. The number of aryl methyl sites for hydroxylation is 1. The van der Waals surface area contributed by atoms with Crippen LogP contribution < -0.4 is 4.74 Å². The lowest BCUT2D eigenvalue weighted by Gasteiger charge is -2.32. The Morgan fingerprint density at radius 1 is 1.45 bits per heavy atom. The molecule has 118 valence electrons. The van der Waals surface area contributed by atoms with Crippen LogP contribution in [-0.2, 0) is 18.3 Å². The Balaban J connectivity index is 1.73. The van der Waals surface area contributed by atoms with Crippen molar-refractivity contribution in [2.45, 2.75) is 12.6 Å². The predicted octanol–water partition coefficient (Wildman–Crippen LogP) is 2.05. The number of methoxy groups -OCH3 is 1. The van der Waals surface area contributed by atoms with Crippen LogP contribution in [0.25, 0.3) is 0 Å². The SMILES string of the molecule is COc1ccc(Cl)cc1CN1CCOC(c2nncn2C)C1. The number of benzene rings is 1. The monoisotopic (exact) mass is 322 g/mol. The number of rotatable bonds is 4. The number of hydrogen-bond donors (Lipinski definition) is 0. The average molecular weight is 323 g/mol. The van der Waals surface area contributed by atoms with Crippen molar-refractivity contribution >= 4 is 11.6 Å². The van der Waals surface area contributed by atoms with Crippen molar-refractivity contribution in [2.24, 2.45) is 7.05 Å². The molecule has 0 spiro atoms. The first-order valence-electron chi connectivity index (χ1n) is 7.17. The third kappa shape index (κ3) is 3.24. The van der Waals surface area contributed by atoms with Crippen molar-refractivity contribution in [3.63, 3.8) is 0 Å². The molecule has 1 saturated heterocycles. The molecular formula is C15H19ClN4O2. The van der Waals surface area contributed by atoms with Gasteiger partial charge in [-0.25, -0.2) is 0 Å². The molecule has 1 aliphatic rings. The minimum Gasteiger partial charge on any atom is -0.496 e. The quantitative estimate of drug-likeness (QED) is 0.862. The van der Waals surface area contributed by atoms with E-state index in [9.17, 15) is 0 Å². The lowest BCUT2D eigenvalue weighted by molar-refractivity contribution is -0.0387. The summed E-state index contributed by atoms with van der Waals surface area (Å²) >= 11 is 6.10. The van der Waals surface area contributed by atoms with Gasteiger partial charge in [0.25, 0.3) is 0 Å². The van der Waals surface area contributed by atoms with Crippen LogP contribution in [0.1, 0.15) is 17.5 Å². The summed E-state index contributed by atoms with van der Waals surface area (Å²) in [5, 5.41) is 8.78. The van der Waals surface area contributed by atoms with Gasteiger partial charge in [-0.15, -0.1) is 10.2 Å². The molecule has 22 heavy (non-hydrogen) atoms. The molecule has 7 heteroatoms. The molecule has 0 bridgehead atoms. The minimum absolute atomic E-state index is 0.0635.